The summed E-state index contributed by atoms with van der Waals surface area (Å²) in [5.74, 6) is -0.842. The second kappa shape index (κ2) is 5.60. The fraction of sp³-hybridized carbons (Fsp3) is 0.417. The quantitative estimate of drug-likeness (QED) is 0.833. The number of carbonyl (C=O) groups excluding carboxylic acids is 1. The van der Waals surface area contributed by atoms with Gasteiger partial charge in [-0.25, -0.2) is 0 Å². The summed E-state index contributed by atoms with van der Waals surface area (Å²) in [5.41, 5.74) is 0. The van der Waals surface area contributed by atoms with Crippen LogP contribution in [0.4, 0.5) is 0 Å². The Morgan fingerprint density at radius 3 is 2.90 bits per heavy atom. The molecular weight excluding hydrogens is 294 g/mol. The first-order valence-corrected chi connectivity index (χ1v) is 7.34. The number of hydrogen-bond donors (Lipinski definition) is 1. The average molecular weight is 307 g/mol. The minimum absolute atomic E-state index is 0.0360. The fourth-order valence-electron chi connectivity index (χ4n) is 1.98. The van der Waals surface area contributed by atoms with Gasteiger partial charge in [-0.05, 0) is 29.5 Å². The zero-order valence-electron chi connectivity index (χ0n) is 11.0. The van der Waals surface area contributed by atoms with Gasteiger partial charge in [0.2, 0.25) is 11.7 Å². The fourth-order valence-corrected chi connectivity index (χ4v) is 2.63. The van der Waals surface area contributed by atoms with Gasteiger partial charge in [0.1, 0.15) is 13.1 Å². The van der Waals surface area contributed by atoms with E-state index in [1.807, 2.05) is 17.5 Å². The number of rotatable bonds is 6. The van der Waals surface area contributed by atoms with Crippen molar-refractivity contribution < 1.29 is 14.7 Å². The number of aromatic nitrogens is 4. The maximum atomic E-state index is 12.2. The first-order chi connectivity index (χ1) is 10.1. The second-order valence-corrected chi connectivity index (χ2v) is 5.71. The maximum absolute atomic E-state index is 12.2. The number of carboxylic acid groups (broad SMARTS) is 1. The molecule has 1 N–H and O–H groups in total. The minimum Gasteiger partial charge on any atom is -0.480 e. The van der Waals surface area contributed by atoms with Crippen LogP contribution in [0.1, 0.15) is 12.8 Å². The average Bonchev–Trinajstić information content (AvgIpc) is 2.94. The van der Waals surface area contributed by atoms with E-state index >= 15 is 0 Å². The van der Waals surface area contributed by atoms with Crippen molar-refractivity contribution in [3.63, 3.8) is 0 Å². The molecule has 0 radical (unpaired) electrons. The second-order valence-electron chi connectivity index (χ2n) is 4.77. The van der Waals surface area contributed by atoms with E-state index < -0.39 is 5.97 Å². The molecule has 0 unspecified atom stereocenters. The Balaban J connectivity index is 1.68. The van der Waals surface area contributed by atoms with Crippen LogP contribution in [0.15, 0.2) is 17.5 Å². The summed E-state index contributed by atoms with van der Waals surface area (Å²) in [6.07, 6.45) is 1.70. The Hall–Kier alpha value is -2.29. The zero-order chi connectivity index (χ0) is 14.8. The highest BCUT2D eigenvalue weighted by Crippen LogP contribution is 2.27. The van der Waals surface area contributed by atoms with Crippen molar-refractivity contribution in [2.45, 2.75) is 25.4 Å². The van der Waals surface area contributed by atoms with Crippen molar-refractivity contribution in [3.05, 3.63) is 17.5 Å². The van der Waals surface area contributed by atoms with E-state index in [2.05, 4.69) is 15.4 Å². The van der Waals surface area contributed by atoms with Crippen LogP contribution in [0.25, 0.3) is 10.7 Å². The number of carbonyl (C=O) groups is 2. The lowest BCUT2D eigenvalue weighted by atomic mass is 10.4. The van der Waals surface area contributed by atoms with Crippen LogP contribution in [0.3, 0.4) is 0 Å². The first-order valence-electron chi connectivity index (χ1n) is 6.46. The molecule has 1 fully saturated rings. The van der Waals surface area contributed by atoms with Crippen LogP contribution in [-0.2, 0) is 16.1 Å². The van der Waals surface area contributed by atoms with E-state index in [1.165, 1.54) is 21.0 Å². The SMILES string of the molecule is O=C(O)CN(C(=O)Cn1nnc(-c2cccs2)n1)C1CC1. The zero-order valence-corrected chi connectivity index (χ0v) is 11.9. The van der Waals surface area contributed by atoms with Gasteiger partial charge in [0.25, 0.3) is 0 Å². The van der Waals surface area contributed by atoms with Gasteiger partial charge < -0.3 is 10.0 Å². The lowest BCUT2D eigenvalue weighted by Crippen LogP contribution is -2.39. The van der Waals surface area contributed by atoms with Gasteiger partial charge in [-0.2, -0.15) is 4.80 Å². The van der Waals surface area contributed by atoms with Gasteiger partial charge in [-0.1, -0.05) is 6.07 Å². The molecule has 2 aromatic heterocycles. The molecule has 0 saturated heterocycles. The van der Waals surface area contributed by atoms with E-state index in [9.17, 15) is 9.59 Å². The third-order valence-corrected chi connectivity index (χ3v) is 3.95. The highest BCUT2D eigenvalue weighted by molar-refractivity contribution is 7.13. The predicted octanol–water partition coefficient (Wildman–Crippen LogP) is 0.477. The van der Waals surface area contributed by atoms with Gasteiger partial charge in [0.15, 0.2) is 0 Å². The van der Waals surface area contributed by atoms with Crippen molar-refractivity contribution >= 4 is 23.2 Å². The standard InChI is InChI=1S/C12H13N5O3S/c18-10(16(7-11(19)20)8-3-4-8)6-17-14-12(13-15-17)9-2-1-5-21-9/h1-2,5,8H,3-4,6-7H2,(H,19,20). The number of thiophene rings is 1. The molecule has 1 amide bonds. The molecule has 9 heteroatoms. The lowest BCUT2D eigenvalue weighted by Gasteiger charge is -2.19. The van der Waals surface area contributed by atoms with Gasteiger partial charge in [-0.15, -0.1) is 21.5 Å². The van der Waals surface area contributed by atoms with Crippen molar-refractivity contribution in [1.82, 2.24) is 25.1 Å². The summed E-state index contributed by atoms with van der Waals surface area (Å²) in [4.78, 5) is 26.4. The van der Waals surface area contributed by atoms with E-state index in [0.29, 0.717) is 5.82 Å². The van der Waals surface area contributed by atoms with E-state index in [-0.39, 0.29) is 25.0 Å². The molecule has 8 nitrogen and oxygen atoms in total. The van der Waals surface area contributed by atoms with Crippen LogP contribution < -0.4 is 0 Å². The molecule has 0 aliphatic heterocycles. The van der Waals surface area contributed by atoms with Crippen LogP contribution >= 0.6 is 11.3 Å². The normalized spacial score (nSPS) is 14.1. The number of aliphatic carboxylic acids is 1. The molecular formula is C12H13N5O3S. The summed E-state index contributed by atoms with van der Waals surface area (Å²) in [7, 11) is 0. The monoisotopic (exact) mass is 307 g/mol. The smallest absolute Gasteiger partial charge is 0.323 e. The van der Waals surface area contributed by atoms with Gasteiger partial charge in [-0.3, -0.25) is 9.59 Å². The van der Waals surface area contributed by atoms with Gasteiger partial charge in [0.05, 0.1) is 4.88 Å². The number of hydrogen-bond acceptors (Lipinski definition) is 6. The van der Waals surface area contributed by atoms with E-state index in [4.69, 9.17) is 5.11 Å². The third kappa shape index (κ3) is 3.24. The van der Waals surface area contributed by atoms with Crippen molar-refractivity contribution in [1.29, 1.82) is 0 Å². The molecule has 3 rings (SSSR count). The Bertz CT molecular complexity index is 650. The predicted molar refractivity (Wildman–Crippen MR) is 73.5 cm³/mol. The highest BCUT2D eigenvalue weighted by Gasteiger charge is 2.34. The number of carboxylic acids is 1. The summed E-state index contributed by atoms with van der Waals surface area (Å²) in [5, 5.41) is 22.6. The Morgan fingerprint density at radius 2 is 2.29 bits per heavy atom. The van der Waals surface area contributed by atoms with Crippen molar-refractivity contribution in [2.75, 3.05) is 6.54 Å². The summed E-state index contributed by atoms with van der Waals surface area (Å²) in [6, 6.07) is 3.79. The first kappa shape index (κ1) is 13.7. The molecule has 1 aliphatic carbocycles. The minimum atomic E-state index is -1.01. The summed E-state index contributed by atoms with van der Waals surface area (Å²) >= 11 is 1.49. The van der Waals surface area contributed by atoms with Gasteiger partial charge >= 0.3 is 5.97 Å². The molecule has 2 aromatic rings. The Kier molecular flexibility index (Phi) is 3.65. The molecule has 0 bridgehead atoms. The number of amides is 1. The largest absolute Gasteiger partial charge is 0.480 e. The Morgan fingerprint density at radius 1 is 1.48 bits per heavy atom. The van der Waals surface area contributed by atoms with E-state index in [1.54, 1.807) is 0 Å². The van der Waals surface area contributed by atoms with Crippen LogP contribution in [-0.4, -0.2) is 54.7 Å². The summed E-state index contributed by atoms with van der Waals surface area (Å²) in [6.45, 7) is -0.377. The molecule has 1 aliphatic rings. The number of nitrogens with zero attached hydrogens (tertiary/aromatic N) is 5. The molecule has 0 atom stereocenters. The Labute approximate surface area is 124 Å². The van der Waals surface area contributed by atoms with Crippen LogP contribution in [0.5, 0.6) is 0 Å². The van der Waals surface area contributed by atoms with E-state index in [0.717, 1.165) is 17.7 Å². The number of tetrazole rings is 1. The maximum Gasteiger partial charge on any atom is 0.323 e. The molecule has 110 valence electrons. The lowest BCUT2D eigenvalue weighted by molar-refractivity contribution is -0.145. The topological polar surface area (TPSA) is 101 Å². The molecule has 0 spiro atoms. The van der Waals surface area contributed by atoms with Crippen molar-refractivity contribution in [2.24, 2.45) is 0 Å². The molecule has 2 heterocycles. The highest BCUT2D eigenvalue weighted by atomic mass is 32.1. The molecule has 0 aromatic carbocycles. The van der Waals surface area contributed by atoms with Crippen molar-refractivity contribution in [3.8, 4) is 10.7 Å². The molecule has 1 saturated carbocycles. The molecule has 21 heavy (non-hydrogen) atoms. The third-order valence-electron chi connectivity index (χ3n) is 3.08. The van der Waals surface area contributed by atoms with Crippen LogP contribution in [0.2, 0.25) is 0 Å². The summed E-state index contributed by atoms with van der Waals surface area (Å²) < 4.78 is 0. The van der Waals surface area contributed by atoms with Gasteiger partial charge in [0, 0.05) is 6.04 Å². The van der Waals surface area contributed by atoms with Crippen LogP contribution in [0, 0.1) is 0 Å².